The molecule has 2 aromatic heterocycles. The summed E-state index contributed by atoms with van der Waals surface area (Å²) in [5.41, 5.74) is 0.655. The predicted molar refractivity (Wildman–Crippen MR) is 101 cm³/mol. The summed E-state index contributed by atoms with van der Waals surface area (Å²) in [5, 5.41) is 13.7. The van der Waals surface area contributed by atoms with Crippen molar-refractivity contribution in [1.82, 2.24) is 29.8 Å². The van der Waals surface area contributed by atoms with Gasteiger partial charge in [-0.3, -0.25) is 4.79 Å². The zero-order valence-corrected chi connectivity index (χ0v) is 16.3. The Morgan fingerprint density at radius 3 is 2.76 bits per heavy atom. The van der Waals surface area contributed by atoms with Crippen LogP contribution in [0.3, 0.4) is 0 Å². The second kappa shape index (κ2) is 8.13. The van der Waals surface area contributed by atoms with Crippen LogP contribution in [0.25, 0.3) is 5.69 Å². The third-order valence-electron chi connectivity index (χ3n) is 4.86. The first kappa shape index (κ1) is 19.3. The number of aromatic nitrogens is 4. The standard InChI is InChI=1S/C18H20N6O4S/c25-18(19-11-16-4-2-10-28-16)14-3-1-9-23(12-14)29(26,27)17-7-5-15(6-8-17)24-13-20-21-22-24/h2,4-8,10,13-14H,1,3,9,11-12H2,(H,19,25)/t14-/m0/s1. The molecular weight excluding hydrogens is 396 g/mol. The van der Waals surface area contributed by atoms with Gasteiger partial charge in [0.05, 0.1) is 29.3 Å². The van der Waals surface area contributed by atoms with Crippen LogP contribution in [0, 0.1) is 5.92 Å². The van der Waals surface area contributed by atoms with Gasteiger partial charge in [0.15, 0.2) is 0 Å². The first-order valence-corrected chi connectivity index (χ1v) is 10.6. The molecule has 1 N–H and O–H groups in total. The summed E-state index contributed by atoms with van der Waals surface area (Å²) in [6.45, 7) is 0.827. The molecule has 3 heterocycles. The number of furan rings is 1. The van der Waals surface area contributed by atoms with E-state index in [4.69, 9.17) is 4.42 Å². The lowest BCUT2D eigenvalue weighted by molar-refractivity contribution is -0.126. The third kappa shape index (κ3) is 4.20. The fourth-order valence-corrected chi connectivity index (χ4v) is 4.83. The molecule has 1 aliphatic rings. The number of benzene rings is 1. The molecule has 1 amide bonds. The molecule has 1 fully saturated rings. The fourth-order valence-electron chi connectivity index (χ4n) is 3.31. The van der Waals surface area contributed by atoms with Crippen molar-refractivity contribution in [1.29, 1.82) is 0 Å². The minimum Gasteiger partial charge on any atom is -0.467 e. The summed E-state index contributed by atoms with van der Waals surface area (Å²) in [6.07, 6.45) is 4.25. The van der Waals surface area contributed by atoms with E-state index in [1.807, 2.05) is 0 Å². The van der Waals surface area contributed by atoms with Gasteiger partial charge in [-0.25, -0.2) is 13.1 Å². The van der Waals surface area contributed by atoms with E-state index in [1.165, 1.54) is 27.4 Å². The average Bonchev–Trinajstić information content (AvgIpc) is 3.46. The number of nitrogens with zero attached hydrogens (tertiary/aromatic N) is 5. The molecular formula is C18H20N6O4S. The number of carbonyl (C=O) groups is 1. The van der Waals surface area contributed by atoms with Crippen LogP contribution in [0.2, 0.25) is 0 Å². The van der Waals surface area contributed by atoms with Gasteiger partial charge in [0.1, 0.15) is 12.1 Å². The van der Waals surface area contributed by atoms with Gasteiger partial charge in [0, 0.05) is 13.1 Å². The maximum absolute atomic E-state index is 13.0. The molecule has 4 rings (SSSR count). The smallest absolute Gasteiger partial charge is 0.243 e. The quantitative estimate of drug-likeness (QED) is 0.635. The molecule has 0 spiro atoms. The summed E-state index contributed by atoms with van der Waals surface area (Å²) >= 11 is 0. The summed E-state index contributed by atoms with van der Waals surface area (Å²) in [6, 6.07) is 9.85. The Balaban J connectivity index is 1.43. The van der Waals surface area contributed by atoms with Crippen LogP contribution >= 0.6 is 0 Å². The van der Waals surface area contributed by atoms with Crippen molar-refractivity contribution >= 4 is 15.9 Å². The summed E-state index contributed by atoms with van der Waals surface area (Å²) < 4.78 is 34.1. The highest BCUT2D eigenvalue weighted by atomic mass is 32.2. The lowest BCUT2D eigenvalue weighted by Crippen LogP contribution is -2.45. The zero-order chi connectivity index (χ0) is 20.3. The van der Waals surface area contributed by atoms with Crippen molar-refractivity contribution in [3.8, 4) is 5.69 Å². The number of hydrogen-bond acceptors (Lipinski definition) is 7. The Hall–Kier alpha value is -3.05. The van der Waals surface area contributed by atoms with Crippen LogP contribution in [0.4, 0.5) is 0 Å². The molecule has 1 saturated heterocycles. The number of sulfonamides is 1. The van der Waals surface area contributed by atoms with Gasteiger partial charge >= 0.3 is 0 Å². The van der Waals surface area contributed by atoms with E-state index in [2.05, 4.69) is 20.8 Å². The van der Waals surface area contributed by atoms with E-state index < -0.39 is 15.9 Å². The molecule has 1 atom stereocenters. The third-order valence-corrected chi connectivity index (χ3v) is 6.74. The highest BCUT2D eigenvalue weighted by Crippen LogP contribution is 2.24. The minimum absolute atomic E-state index is 0.154. The zero-order valence-electron chi connectivity index (χ0n) is 15.5. The van der Waals surface area contributed by atoms with Gasteiger partial charge in [-0.2, -0.15) is 4.31 Å². The first-order valence-electron chi connectivity index (χ1n) is 9.18. The molecule has 0 aliphatic carbocycles. The van der Waals surface area contributed by atoms with Crippen molar-refractivity contribution in [2.75, 3.05) is 13.1 Å². The summed E-state index contributed by atoms with van der Waals surface area (Å²) in [7, 11) is -3.70. The fraction of sp³-hybridized carbons (Fsp3) is 0.333. The van der Waals surface area contributed by atoms with Crippen molar-refractivity contribution in [2.24, 2.45) is 5.92 Å². The van der Waals surface area contributed by atoms with Crippen LogP contribution in [-0.4, -0.2) is 51.9 Å². The van der Waals surface area contributed by atoms with E-state index in [1.54, 1.807) is 30.5 Å². The summed E-state index contributed by atoms with van der Waals surface area (Å²) in [4.78, 5) is 12.7. The maximum Gasteiger partial charge on any atom is 0.243 e. The van der Waals surface area contributed by atoms with Crippen molar-refractivity contribution in [3.63, 3.8) is 0 Å². The largest absolute Gasteiger partial charge is 0.467 e. The Labute approximate surface area is 167 Å². The number of piperidine rings is 1. The maximum atomic E-state index is 13.0. The van der Waals surface area contributed by atoms with Gasteiger partial charge in [-0.05, 0) is 59.7 Å². The Bertz CT molecular complexity index is 1050. The topological polar surface area (TPSA) is 123 Å². The Morgan fingerprint density at radius 2 is 2.07 bits per heavy atom. The number of nitrogens with one attached hydrogen (secondary N) is 1. The van der Waals surface area contributed by atoms with Crippen molar-refractivity contribution in [2.45, 2.75) is 24.3 Å². The number of hydrogen-bond donors (Lipinski definition) is 1. The van der Waals surface area contributed by atoms with Crippen LogP contribution in [-0.2, 0) is 21.4 Å². The molecule has 10 nitrogen and oxygen atoms in total. The lowest BCUT2D eigenvalue weighted by Gasteiger charge is -2.31. The SMILES string of the molecule is O=C(NCc1ccco1)[C@H]1CCCN(S(=O)(=O)c2ccc(-n3cnnn3)cc2)C1. The molecule has 0 bridgehead atoms. The highest BCUT2D eigenvalue weighted by Gasteiger charge is 2.33. The van der Waals surface area contributed by atoms with Crippen LogP contribution in [0.1, 0.15) is 18.6 Å². The van der Waals surface area contributed by atoms with Crippen molar-refractivity contribution < 1.29 is 17.6 Å². The molecule has 0 saturated carbocycles. The molecule has 0 radical (unpaired) electrons. The van der Waals surface area contributed by atoms with E-state index in [9.17, 15) is 13.2 Å². The van der Waals surface area contributed by atoms with Gasteiger partial charge in [-0.1, -0.05) is 0 Å². The van der Waals surface area contributed by atoms with Gasteiger partial charge in [0.2, 0.25) is 15.9 Å². The molecule has 152 valence electrons. The van der Waals surface area contributed by atoms with E-state index >= 15 is 0 Å². The highest BCUT2D eigenvalue weighted by molar-refractivity contribution is 7.89. The van der Waals surface area contributed by atoms with E-state index in [0.29, 0.717) is 30.8 Å². The number of rotatable bonds is 6. The van der Waals surface area contributed by atoms with Crippen LogP contribution in [0.15, 0.2) is 58.3 Å². The van der Waals surface area contributed by atoms with Crippen LogP contribution < -0.4 is 5.32 Å². The number of amides is 1. The normalized spacial score (nSPS) is 17.9. The Kier molecular flexibility index (Phi) is 5.41. The van der Waals surface area contributed by atoms with Gasteiger partial charge in [-0.15, -0.1) is 5.10 Å². The second-order valence-corrected chi connectivity index (χ2v) is 8.69. The minimum atomic E-state index is -3.70. The Morgan fingerprint density at radius 1 is 1.24 bits per heavy atom. The van der Waals surface area contributed by atoms with Crippen molar-refractivity contribution in [3.05, 3.63) is 54.7 Å². The molecule has 29 heavy (non-hydrogen) atoms. The monoisotopic (exact) mass is 416 g/mol. The van der Waals surface area contributed by atoms with E-state index in [0.717, 1.165) is 0 Å². The van der Waals surface area contributed by atoms with Gasteiger partial charge < -0.3 is 9.73 Å². The first-order chi connectivity index (χ1) is 14.0. The molecule has 0 unspecified atom stereocenters. The average molecular weight is 416 g/mol. The van der Waals surface area contributed by atoms with Gasteiger partial charge in [0.25, 0.3) is 0 Å². The van der Waals surface area contributed by atoms with E-state index in [-0.39, 0.29) is 23.9 Å². The molecule has 1 aliphatic heterocycles. The van der Waals surface area contributed by atoms with Crippen LogP contribution in [0.5, 0.6) is 0 Å². The molecule has 1 aromatic carbocycles. The number of tetrazole rings is 1. The molecule has 11 heteroatoms. The second-order valence-electron chi connectivity index (χ2n) is 6.75. The lowest BCUT2D eigenvalue weighted by atomic mass is 9.99. The summed E-state index contributed by atoms with van der Waals surface area (Å²) in [5.74, 6) is 0.0885. The predicted octanol–water partition coefficient (Wildman–Crippen LogP) is 0.972. The number of carbonyl (C=O) groups excluding carboxylic acids is 1. The molecule has 3 aromatic rings.